The van der Waals surface area contributed by atoms with Crippen molar-refractivity contribution in [2.75, 3.05) is 31.3 Å². The number of aliphatic hydroxyl groups excluding tert-OH is 1. The van der Waals surface area contributed by atoms with Gasteiger partial charge in [-0.1, -0.05) is 15.9 Å². The summed E-state index contributed by atoms with van der Waals surface area (Å²) in [5.41, 5.74) is 7.21. The molecule has 0 aromatic heterocycles. The highest BCUT2D eigenvalue weighted by atomic mass is 79.9. The Hall–Kier alpha value is -0.780. The van der Waals surface area contributed by atoms with Crippen LogP contribution in [0.5, 0.6) is 0 Å². The number of aliphatic hydroxyl groups is 1. The minimum atomic E-state index is -0.534. The maximum atomic E-state index is 9.43. The molecule has 0 aliphatic rings. The maximum Gasteiger partial charge on any atom is 0.0945 e. The van der Waals surface area contributed by atoms with Crippen molar-refractivity contribution in [3.63, 3.8) is 0 Å². The Labute approximate surface area is 97.6 Å². The van der Waals surface area contributed by atoms with E-state index in [9.17, 15) is 5.11 Å². The van der Waals surface area contributed by atoms with E-state index in [-0.39, 0.29) is 0 Å². The third-order valence-electron chi connectivity index (χ3n) is 1.90. The van der Waals surface area contributed by atoms with E-state index >= 15 is 0 Å². The van der Waals surface area contributed by atoms with Gasteiger partial charge in [-0.25, -0.2) is 0 Å². The Balaban J connectivity index is 2.53. The van der Waals surface area contributed by atoms with Gasteiger partial charge in [-0.05, 0) is 18.2 Å². The quantitative estimate of drug-likeness (QED) is 0.711. The van der Waals surface area contributed by atoms with E-state index in [0.29, 0.717) is 18.8 Å². The predicted molar refractivity (Wildman–Crippen MR) is 64.9 cm³/mol. The van der Waals surface area contributed by atoms with Crippen LogP contribution >= 0.6 is 15.9 Å². The van der Waals surface area contributed by atoms with Crippen molar-refractivity contribution in [1.29, 1.82) is 0 Å². The van der Waals surface area contributed by atoms with Crippen LogP contribution in [0.4, 0.5) is 11.4 Å². The summed E-state index contributed by atoms with van der Waals surface area (Å²) >= 11 is 3.35. The number of ether oxygens (including phenoxy) is 1. The number of nitrogens with two attached hydrogens (primary N) is 1. The topological polar surface area (TPSA) is 67.5 Å². The molecule has 1 aromatic rings. The van der Waals surface area contributed by atoms with Crippen LogP contribution in [0, 0.1) is 0 Å². The van der Waals surface area contributed by atoms with Crippen LogP contribution < -0.4 is 11.1 Å². The lowest BCUT2D eigenvalue weighted by Crippen LogP contribution is -2.24. The Bertz CT molecular complexity index is 320. The monoisotopic (exact) mass is 274 g/mol. The SMILES string of the molecule is COCC(O)CNc1cc(Br)ccc1N. The molecule has 1 aromatic carbocycles. The van der Waals surface area contributed by atoms with E-state index in [1.807, 2.05) is 12.1 Å². The number of hydrogen-bond donors (Lipinski definition) is 3. The van der Waals surface area contributed by atoms with Gasteiger partial charge in [0.05, 0.1) is 24.1 Å². The average Bonchev–Trinajstić information content (AvgIpc) is 2.20. The van der Waals surface area contributed by atoms with Crippen molar-refractivity contribution < 1.29 is 9.84 Å². The van der Waals surface area contributed by atoms with E-state index in [1.165, 1.54) is 0 Å². The molecule has 0 amide bonds. The molecule has 4 nitrogen and oxygen atoms in total. The number of halogens is 1. The van der Waals surface area contributed by atoms with Crippen LogP contribution in [-0.2, 0) is 4.74 Å². The van der Waals surface area contributed by atoms with Gasteiger partial charge in [0.25, 0.3) is 0 Å². The number of anilines is 2. The van der Waals surface area contributed by atoms with E-state index in [1.54, 1.807) is 13.2 Å². The summed E-state index contributed by atoms with van der Waals surface area (Å²) in [6.45, 7) is 0.718. The lowest BCUT2D eigenvalue weighted by atomic mass is 10.2. The summed E-state index contributed by atoms with van der Waals surface area (Å²) in [7, 11) is 1.55. The Kier molecular flexibility index (Phi) is 4.87. The highest BCUT2D eigenvalue weighted by molar-refractivity contribution is 9.10. The summed E-state index contributed by atoms with van der Waals surface area (Å²) < 4.78 is 5.76. The molecule has 0 spiro atoms. The number of hydrogen-bond acceptors (Lipinski definition) is 4. The molecule has 0 saturated heterocycles. The normalized spacial score (nSPS) is 12.5. The summed E-state index contributed by atoms with van der Waals surface area (Å²) in [5.74, 6) is 0. The van der Waals surface area contributed by atoms with Crippen LogP contribution in [0.3, 0.4) is 0 Å². The molecular weight excluding hydrogens is 260 g/mol. The van der Waals surface area contributed by atoms with Crippen LogP contribution in [0.1, 0.15) is 0 Å². The summed E-state index contributed by atoms with van der Waals surface area (Å²) in [4.78, 5) is 0. The van der Waals surface area contributed by atoms with Crippen LogP contribution in [0.2, 0.25) is 0 Å². The largest absolute Gasteiger partial charge is 0.397 e. The van der Waals surface area contributed by atoms with Gasteiger partial charge >= 0.3 is 0 Å². The Morgan fingerprint density at radius 2 is 2.33 bits per heavy atom. The number of rotatable bonds is 5. The van der Waals surface area contributed by atoms with Gasteiger partial charge in [0.1, 0.15) is 0 Å². The first-order valence-corrected chi connectivity index (χ1v) is 5.38. The first-order chi connectivity index (χ1) is 7.13. The first-order valence-electron chi connectivity index (χ1n) is 4.59. The third kappa shape index (κ3) is 4.07. The van der Waals surface area contributed by atoms with Crippen molar-refractivity contribution in [2.24, 2.45) is 0 Å². The van der Waals surface area contributed by atoms with E-state index in [0.717, 1.165) is 10.2 Å². The molecule has 0 aliphatic carbocycles. The summed E-state index contributed by atoms with van der Waals surface area (Å²) in [6.07, 6.45) is -0.534. The number of nitrogen functional groups attached to an aromatic ring is 1. The molecule has 84 valence electrons. The zero-order chi connectivity index (χ0) is 11.3. The lowest BCUT2D eigenvalue weighted by molar-refractivity contribution is 0.0728. The fourth-order valence-electron chi connectivity index (χ4n) is 1.16. The van der Waals surface area contributed by atoms with Gasteiger partial charge in [-0.15, -0.1) is 0 Å². The number of nitrogens with one attached hydrogen (secondary N) is 1. The smallest absolute Gasteiger partial charge is 0.0945 e. The van der Waals surface area contributed by atoms with Crippen molar-refractivity contribution in [3.05, 3.63) is 22.7 Å². The third-order valence-corrected chi connectivity index (χ3v) is 2.40. The fourth-order valence-corrected chi connectivity index (χ4v) is 1.52. The molecule has 0 aliphatic heterocycles. The Morgan fingerprint density at radius 3 is 3.00 bits per heavy atom. The van der Waals surface area contributed by atoms with Gasteiger partial charge in [-0.2, -0.15) is 0 Å². The van der Waals surface area contributed by atoms with E-state index < -0.39 is 6.10 Å². The van der Waals surface area contributed by atoms with Gasteiger partial charge in [-0.3, -0.25) is 0 Å². The van der Waals surface area contributed by atoms with Crippen molar-refractivity contribution in [1.82, 2.24) is 0 Å². The second-order valence-electron chi connectivity index (χ2n) is 3.22. The molecule has 1 unspecified atom stereocenters. The molecule has 1 rings (SSSR count). The molecule has 0 radical (unpaired) electrons. The van der Waals surface area contributed by atoms with Gasteiger partial charge in [0, 0.05) is 18.1 Å². The highest BCUT2D eigenvalue weighted by Crippen LogP contribution is 2.22. The minimum absolute atomic E-state index is 0.306. The number of benzene rings is 1. The zero-order valence-corrected chi connectivity index (χ0v) is 10.1. The molecule has 15 heavy (non-hydrogen) atoms. The molecule has 0 heterocycles. The fraction of sp³-hybridized carbons (Fsp3) is 0.400. The van der Waals surface area contributed by atoms with Crippen molar-refractivity contribution in [2.45, 2.75) is 6.10 Å². The van der Waals surface area contributed by atoms with Gasteiger partial charge in [0.15, 0.2) is 0 Å². The first kappa shape index (κ1) is 12.3. The minimum Gasteiger partial charge on any atom is -0.397 e. The molecule has 5 heteroatoms. The predicted octanol–water partition coefficient (Wildman–Crippen LogP) is 1.45. The van der Waals surface area contributed by atoms with Crippen molar-refractivity contribution in [3.8, 4) is 0 Å². The second-order valence-corrected chi connectivity index (χ2v) is 4.14. The maximum absolute atomic E-state index is 9.43. The molecule has 0 bridgehead atoms. The van der Waals surface area contributed by atoms with E-state index in [2.05, 4.69) is 21.2 Å². The second kappa shape index (κ2) is 5.95. The summed E-state index contributed by atoms with van der Waals surface area (Å²) in [5, 5.41) is 12.5. The van der Waals surface area contributed by atoms with Crippen molar-refractivity contribution >= 4 is 27.3 Å². The number of methoxy groups -OCH3 is 1. The summed E-state index contributed by atoms with van der Waals surface area (Å²) in [6, 6.07) is 5.54. The lowest BCUT2D eigenvalue weighted by Gasteiger charge is -2.13. The zero-order valence-electron chi connectivity index (χ0n) is 8.53. The van der Waals surface area contributed by atoms with Crippen LogP contribution in [-0.4, -0.2) is 31.5 Å². The average molecular weight is 275 g/mol. The molecule has 4 N–H and O–H groups in total. The van der Waals surface area contributed by atoms with Gasteiger partial charge in [0.2, 0.25) is 0 Å². The molecular formula is C10H15BrN2O2. The Morgan fingerprint density at radius 1 is 1.60 bits per heavy atom. The standard InChI is InChI=1S/C10H15BrN2O2/c1-15-6-8(14)5-13-10-4-7(11)2-3-9(10)12/h2-4,8,13-14H,5-6,12H2,1H3. The molecule has 0 saturated carbocycles. The van der Waals surface area contributed by atoms with Gasteiger partial charge < -0.3 is 20.9 Å². The van der Waals surface area contributed by atoms with E-state index in [4.69, 9.17) is 10.5 Å². The van der Waals surface area contributed by atoms with Crippen LogP contribution in [0.15, 0.2) is 22.7 Å². The molecule has 0 fully saturated rings. The molecule has 1 atom stereocenters. The highest BCUT2D eigenvalue weighted by Gasteiger charge is 2.04. The van der Waals surface area contributed by atoms with Crippen LogP contribution in [0.25, 0.3) is 0 Å².